The summed E-state index contributed by atoms with van der Waals surface area (Å²) in [6.45, 7) is 7.62. The van der Waals surface area contributed by atoms with Gasteiger partial charge < -0.3 is 15.0 Å². The summed E-state index contributed by atoms with van der Waals surface area (Å²) in [5.74, 6) is 0.710. The second kappa shape index (κ2) is 13.5. The van der Waals surface area contributed by atoms with E-state index in [1.54, 1.807) is 4.90 Å². The second-order valence-corrected chi connectivity index (χ2v) is 7.84. The lowest BCUT2D eigenvalue weighted by Gasteiger charge is -2.31. The summed E-state index contributed by atoms with van der Waals surface area (Å²) < 4.78 is 5.72. The first-order valence-electron chi connectivity index (χ1n) is 11.4. The highest BCUT2D eigenvalue weighted by atomic mass is 16.5. The molecule has 1 atom stereocenters. The Balaban J connectivity index is 2.03. The Bertz CT molecular complexity index is 807. The number of aryl methyl sites for hydroxylation is 1. The lowest BCUT2D eigenvalue weighted by Crippen LogP contribution is -2.49. The van der Waals surface area contributed by atoms with E-state index in [-0.39, 0.29) is 11.8 Å². The molecule has 2 aromatic rings. The Labute approximate surface area is 186 Å². The van der Waals surface area contributed by atoms with Crippen LogP contribution >= 0.6 is 0 Å². The van der Waals surface area contributed by atoms with Gasteiger partial charge in [-0.25, -0.2) is 0 Å². The van der Waals surface area contributed by atoms with E-state index in [2.05, 4.69) is 18.3 Å². The maximum atomic E-state index is 13.2. The summed E-state index contributed by atoms with van der Waals surface area (Å²) in [5.41, 5.74) is 2.18. The first-order valence-corrected chi connectivity index (χ1v) is 11.4. The highest BCUT2D eigenvalue weighted by Gasteiger charge is 2.28. The van der Waals surface area contributed by atoms with Crippen LogP contribution in [0.1, 0.15) is 57.1 Å². The number of rotatable bonds is 13. The van der Waals surface area contributed by atoms with Crippen molar-refractivity contribution in [2.45, 2.75) is 65.5 Å². The third-order valence-corrected chi connectivity index (χ3v) is 5.20. The highest BCUT2D eigenvalue weighted by Crippen LogP contribution is 2.16. The topological polar surface area (TPSA) is 58.6 Å². The number of carbonyl (C=O) groups is 2. The Kier molecular flexibility index (Phi) is 10.6. The number of hydrogen-bond acceptors (Lipinski definition) is 3. The first-order chi connectivity index (χ1) is 15.0. The normalized spacial score (nSPS) is 11.6. The van der Waals surface area contributed by atoms with Gasteiger partial charge in [-0.2, -0.15) is 0 Å². The third-order valence-electron chi connectivity index (χ3n) is 5.20. The molecule has 0 heterocycles. The van der Waals surface area contributed by atoms with Gasteiger partial charge in [-0.05, 0) is 43.9 Å². The predicted molar refractivity (Wildman–Crippen MR) is 125 cm³/mol. The van der Waals surface area contributed by atoms with Crippen molar-refractivity contribution >= 4 is 11.8 Å². The molecule has 1 N–H and O–H groups in total. The quantitative estimate of drug-likeness (QED) is 0.466. The minimum atomic E-state index is -0.472. The van der Waals surface area contributed by atoms with Gasteiger partial charge in [0.05, 0.1) is 6.61 Å². The van der Waals surface area contributed by atoms with Crippen LogP contribution in [0.4, 0.5) is 0 Å². The van der Waals surface area contributed by atoms with E-state index in [0.717, 1.165) is 29.7 Å². The number of amides is 2. The number of para-hydroxylation sites is 1. The molecule has 0 radical (unpaired) electrons. The molecule has 0 aliphatic heterocycles. The van der Waals surface area contributed by atoms with E-state index in [0.29, 0.717) is 39.0 Å². The second-order valence-electron chi connectivity index (χ2n) is 7.84. The van der Waals surface area contributed by atoms with Crippen LogP contribution in [0.2, 0.25) is 0 Å². The molecule has 0 spiro atoms. The van der Waals surface area contributed by atoms with Gasteiger partial charge in [0.1, 0.15) is 11.8 Å². The number of benzene rings is 2. The number of nitrogens with one attached hydrogen (secondary N) is 1. The molecule has 0 saturated heterocycles. The minimum Gasteiger partial charge on any atom is -0.494 e. The van der Waals surface area contributed by atoms with Crippen molar-refractivity contribution in [1.82, 2.24) is 10.2 Å². The molecule has 0 aromatic heterocycles. The predicted octanol–water partition coefficient (Wildman–Crippen LogP) is 4.88. The average molecular weight is 425 g/mol. The number of ether oxygens (including phenoxy) is 1. The van der Waals surface area contributed by atoms with Crippen LogP contribution in [0.5, 0.6) is 5.75 Å². The van der Waals surface area contributed by atoms with Crippen LogP contribution in [0.15, 0.2) is 54.6 Å². The number of carbonyl (C=O) groups excluding carboxylic acids is 2. The smallest absolute Gasteiger partial charge is 0.242 e. The van der Waals surface area contributed by atoms with E-state index in [1.807, 2.05) is 62.4 Å². The van der Waals surface area contributed by atoms with Gasteiger partial charge in [-0.15, -0.1) is 0 Å². The molecule has 31 heavy (non-hydrogen) atoms. The molecule has 2 rings (SSSR count). The van der Waals surface area contributed by atoms with E-state index in [1.165, 1.54) is 0 Å². The number of unbranched alkanes of at least 4 members (excludes halogenated alkanes) is 1. The largest absolute Gasteiger partial charge is 0.494 e. The van der Waals surface area contributed by atoms with Crippen LogP contribution in [0, 0.1) is 6.92 Å². The molecule has 0 aliphatic carbocycles. The molecule has 0 aliphatic rings. The van der Waals surface area contributed by atoms with Crippen molar-refractivity contribution in [2.24, 2.45) is 0 Å². The lowest BCUT2D eigenvalue weighted by atomic mass is 10.1. The molecule has 0 unspecified atom stereocenters. The molecular formula is C26H36N2O3. The fraction of sp³-hybridized carbons (Fsp3) is 0.462. The van der Waals surface area contributed by atoms with Crippen LogP contribution in [-0.4, -0.2) is 35.9 Å². The van der Waals surface area contributed by atoms with Gasteiger partial charge in [0.25, 0.3) is 0 Å². The monoisotopic (exact) mass is 424 g/mol. The fourth-order valence-corrected chi connectivity index (χ4v) is 3.51. The lowest BCUT2D eigenvalue weighted by molar-refractivity contribution is -0.141. The van der Waals surface area contributed by atoms with Gasteiger partial charge in [0, 0.05) is 19.5 Å². The summed E-state index contributed by atoms with van der Waals surface area (Å²) in [5, 5.41) is 3.00. The van der Waals surface area contributed by atoms with Crippen molar-refractivity contribution in [3.8, 4) is 5.75 Å². The zero-order valence-corrected chi connectivity index (χ0v) is 19.1. The Morgan fingerprint density at radius 2 is 1.81 bits per heavy atom. The summed E-state index contributed by atoms with van der Waals surface area (Å²) in [6.07, 6.45) is 3.48. The average Bonchev–Trinajstić information content (AvgIpc) is 2.77. The zero-order chi connectivity index (χ0) is 22.5. The summed E-state index contributed by atoms with van der Waals surface area (Å²) >= 11 is 0. The maximum absolute atomic E-state index is 13.2. The standard InChI is InChI=1S/C26H36N2O3/c1-4-6-17-27-26(30)24(5-2)28(20-22-13-10-12-21(3)19-22)25(29)16-11-18-31-23-14-8-7-9-15-23/h7-10,12-15,19,24H,4-6,11,16-18,20H2,1-3H3,(H,27,30)/t24-/m1/s1. The summed E-state index contributed by atoms with van der Waals surface area (Å²) in [4.78, 5) is 27.7. The van der Waals surface area contributed by atoms with Crippen molar-refractivity contribution in [1.29, 1.82) is 0 Å². The van der Waals surface area contributed by atoms with Crippen LogP contribution in [0.3, 0.4) is 0 Å². The highest BCUT2D eigenvalue weighted by molar-refractivity contribution is 5.87. The number of nitrogens with zero attached hydrogens (tertiary/aromatic N) is 1. The maximum Gasteiger partial charge on any atom is 0.242 e. The number of hydrogen-bond donors (Lipinski definition) is 1. The Morgan fingerprint density at radius 3 is 2.48 bits per heavy atom. The van der Waals surface area contributed by atoms with Gasteiger partial charge in [0.15, 0.2) is 0 Å². The van der Waals surface area contributed by atoms with Crippen LogP contribution < -0.4 is 10.1 Å². The summed E-state index contributed by atoms with van der Waals surface area (Å²) in [7, 11) is 0. The molecular weight excluding hydrogens is 388 g/mol. The fourth-order valence-electron chi connectivity index (χ4n) is 3.51. The van der Waals surface area contributed by atoms with Crippen molar-refractivity contribution < 1.29 is 14.3 Å². The van der Waals surface area contributed by atoms with Crippen LogP contribution in [-0.2, 0) is 16.1 Å². The van der Waals surface area contributed by atoms with E-state index >= 15 is 0 Å². The molecule has 2 aromatic carbocycles. The van der Waals surface area contributed by atoms with Gasteiger partial charge in [-0.3, -0.25) is 9.59 Å². The molecule has 2 amide bonds. The minimum absolute atomic E-state index is 0.0179. The van der Waals surface area contributed by atoms with Crippen molar-refractivity contribution in [3.05, 3.63) is 65.7 Å². The molecule has 5 nitrogen and oxygen atoms in total. The van der Waals surface area contributed by atoms with E-state index in [4.69, 9.17) is 4.74 Å². The van der Waals surface area contributed by atoms with E-state index in [9.17, 15) is 9.59 Å². The zero-order valence-electron chi connectivity index (χ0n) is 19.1. The van der Waals surface area contributed by atoms with Gasteiger partial charge in [-0.1, -0.05) is 68.3 Å². The van der Waals surface area contributed by atoms with Crippen LogP contribution in [0.25, 0.3) is 0 Å². The summed E-state index contributed by atoms with van der Waals surface area (Å²) in [6, 6.07) is 17.2. The Morgan fingerprint density at radius 1 is 1.03 bits per heavy atom. The van der Waals surface area contributed by atoms with Gasteiger partial charge in [0.2, 0.25) is 11.8 Å². The van der Waals surface area contributed by atoms with E-state index < -0.39 is 6.04 Å². The Hall–Kier alpha value is -2.82. The van der Waals surface area contributed by atoms with Gasteiger partial charge >= 0.3 is 0 Å². The van der Waals surface area contributed by atoms with Crippen molar-refractivity contribution in [2.75, 3.05) is 13.2 Å². The molecule has 168 valence electrons. The third kappa shape index (κ3) is 8.44. The molecule has 0 saturated carbocycles. The molecule has 0 bridgehead atoms. The molecule has 5 heteroatoms. The molecule has 0 fully saturated rings. The van der Waals surface area contributed by atoms with Crippen molar-refractivity contribution in [3.63, 3.8) is 0 Å². The SMILES string of the molecule is CCCCNC(=O)[C@@H](CC)N(Cc1cccc(C)c1)C(=O)CCCOc1ccccc1. The first kappa shape index (κ1) is 24.4.